The van der Waals surface area contributed by atoms with E-state index in [0.717, 1.165) is 43.4 Å². The molecule has 1 saturated heterocycles. The van der Waals surface area contributed by atoms with Crippen molar-refractivity contribution in [3.63, 3.8) is 0 Å². The highest BCUT2D eigenvalue weighted by atomic mass is 79.9. The van der Waals surface area contributed by atoms with Crippen molar-refractivity contribution < 1.29 is 4.79 Å². The van der Waals surface area contributed by atoms with Gasteiger partial charge in [-0.25, -0.2) is 0 Å². The monoisotopic (exact) mass is 364 g/mol. The molecule has 0 radical (unpaired) electrons. The number of likely N-dealkylation sites (tertiary alicyclic amines) is 1. The summed E-state index contributed by atoms with van der Waals surface area (Å²) in [4.78, 5) is 14.0. The van der Waals surface area contributed by atoms with Crippen molar-refractivity contribution in [1.29, 1.82) is 0 Å². The molecule has 20 heavy (non-hydrogen) atoms. The Labute approximate surface area is 134 Å². The number of amides is 1. The topological polar surface area (TPSA) is 50.2 Å². The Bertz CT molecular complexity index is 418. The highest BCUT2D eigenvalue weighted by Crippen LogP contribution is 2.23. The molecule has 1 aromatic heterocycles. The number of rotatable bonds is 5. The Balaban J connectivity index is 0.00000200. The highest BCUT2D eigenvalue weighted by molar-refractivity contribution is 9.10. The summed E-state index contributed by atoms with van der Waals surface area (Å²) in [5.74, 6) is 0.287. The zero-order valence-electron chi connectivity index (χ0n) is 11.7. The van der Waals surface area contributed by atoms with Crippen LogP contribution in [0.4, 0.5) is 0 Å². The van der Waals surface area contributed by atoms with Crippen molar-refractivity contribution in [2.45, 2.75) is 31.7 Å². The highest BCUT2D eigenvalue weighted by Gasteiger charge is 2.23. The van der Waals surface area contributed by atoms with Crippen LogP contribution in [0.3, 0.4) is 0 Å². The normalized spacial score (nSPS) is 16.0. The van der Waals surface area contributed by atoms with E-state index in [4.69, 9.17) is 0 Å². The summed E-state index contributed by atoms with van der Waals surface area (Å²) >= 11 is 3.42. The van der Waals surface area contributed by atoms with Crippen LogP contribution in [0.5, 0.6) is 0 Å². The Morgan fingerprint density at radius 2 is 2.20 bits per heavy atom. The molecule has 0 unspecified atom stereocenters. The van der Waals surface area contributed by atoms with Crippen molar-refractivity contribution >= 4 is 34.2 Å². The van der Waals surface area contributed by atoms with Gasteiger partial charge in [-0.1, -0.05) is 0 Å². The van der Waals surface area contributed by atoms with Gasteiger partial charge in [0.2, 0.25) is 5.91 Å². The van der Waals surface area contributed by atoms with Crippen molar-refractivity contribution in [2.24, 2.45) is 0 Å². The molecule has 1 N–H and O–H groups in total. The van der Waals surface area contributed by atoms with E-state index in [0.29, 0.717) is 12.5 Å². The molecule has 1 amide bonds. The van der Waals surface area contributed by atoms with Gasteiger partial charge >= 0.3 is 0 Å². The summed E-state index contributed by atoms with van der Waals surface area (Å²) in [6.07, 6.45) is 7.38. The summed E-state index contributed by atoms with van der Waals surface area (Å²) in [7, 11) is 1.91. The van der Waals surface area contributed by atoms with E-state index in [1.165, 1.54) is 0 Å². The van der Waals surface area contributed by atoms with Crippen molar-refractivity contribution in [2.75, 3.05) is 26.7 Å². The number of carbonyl (C=O) groups is 1. The van der Waals surface area contributed by atoms with Crippen LogP contribution in [0.15, 0.2) is 16.9 Å². The molecular formula is C13H22BrClN4O. The summed E-state index contributed by atoms with van der Waals surface area (Å²) in [6.45, 7) is 2.60. The molecule has 0 saturated carbocycles. The van der Waals surface area contributed by atoms with E-state index in [9.17, 15) is 4.79 Å². The van der Waals surface area contributed by atoms with Gasteiger partial charge in [-0.2, -0.15) is 5.10 Å². The zero-order chi connectivity index (χ0) is 13.7. The maximum Gasteiger partial charge on any atom is 0.222 e. The fraction of sp³-hybridized carbons (Fsp3) is 0.692. The van der Waals surface area contributed by atoms with Gasteiger partial charge in [-0.05, 0) is 48.8 Å². The van der Waals surface area contributed by atoms with Gasteiger partial charge < -0.3 is 10.2 Å². The quantitative estimate of drug-likeness (QED) is 0.814. The van der Waals surface area contributed by atoms with Crippen LogP contribution in [0.25, 0.3) is 0 Å². The number of nitrogens with one attached hydrogen (secondary N) is 1. The van der Waals surface area contributed by atoms with Crippen LogP contribution in [0.2, 0.25) is 0 Å². The first-order valence-corrected chi connectivity index (χ1v) is 7.62. The van der Waals surface area contributed by atoms with Gasteiger partial charge in [0.25, 0.3) is 0 Å². The number of carbonyl (C=O) groups excluding carboxylic acids is 1. The smallest absolute Gasteiger partial charge is 0.222 e. The van der Waals surface area contributed by atoms with Crippen LogP contribution in [0.1, 0.15) is 31.7 Å². The van der Waals surface area contributed by atoms with Crippen LogP contribution in [-0.2, 0) is 4.79 Å². The third kappa shape index (κ3) is 4.75. The van der Waals surface area contributed by atoms with Crippen LogP contribution in [-0.4, -0.2) is 47.3 Å². The van der Waals surface area contributed by atoms with E-state index >= 15 is 0 Å². The largest absolute Gasteiger partial charge is 0.343 e. The predicted octanol–water partition coefficient (Wildman–Crippen LogP) is 2.23. The van der Waals surface area contributed by atoms with Gasteiger partial charge in [-0.15, -0.1) is 12.4 Å². The molecule has 0 spiro atoms. The first-order valence-electron chi connectivity index (χ1n) is 6.82. The molecule has 114 valence electrons. The Morgan fingerprint density at radius 1 is 1.50 bits per heavy atom. The van der Waals surface area contributed by atoms with E-state index in [1.807, 2.05) is 29.0 Å². The molecule has 0 aromatic carbocycles. The lowest BCUT2D eigenvalue weighted by Gasteiger charge is -2.32. The van der Waals surface area contributed by atoms with Crippen LogP contribution < -0.4 is 5.32 Å². The van der Waals surface area contributed by atoms with E-state index in [1.54, 1.807) is 0 Å². The SMILES string of the molecule is CNCCCC(=O)N1CCC(n2cc(Br)cn2)CC1.Cl. The maximum atomic E-state index is 12.0. The lowest BCUT2D eigenvalue weighted by molar-refractivity contribution is -0.132. The molecule has 1 aliphatic heterocycles. The van der Waals surface area contributed by atoms with Gasteiger partial charge in [0.15, 0.2) is 0 Å². The van der Waals surface area contributed by atoms with Gasteiger partial charge in [0.1, 0.15) is 0 Å². The number of piperidine rings is 1. The third-order valence-electron chi connectivity index (χ3n) is 3.58. The number of halogens is 2. The fourth-order valence-electron chi connectivity index (χ4n) is 2.47. The summed E-state index contributed by atoms with van der Waals surface area (Å²) in [5.41, 5.74) is 0. The molecule has 0 aliphatic carbocycles. The third-order valence-corrected chi connectivity index (χ3v) is 3.99. The molecule has 0 bridgehead atoms. The molecule has 1 aromatic rings. The van der Waals surface area contributed by atoms with Crippen LogP contribution >= 0.6 is 28.3 Å². The van der Waals surface area contributed by atoms with Gasteiger partial charge in [-0.3, -0.25) is 9.48 Å². The first kappa shape index (κ1) is 17.5. The minimum atomic E-state index is 0. The summed E-state index contributed by atoms with van der Waals surface area (Å²) < 4.78 is 3.02. The number of aromatic nitrogens is 2. The maximum absolute atomic E-state index is 12.0. The predicted molar refractivity (Wildman–Crippen MR) is 85.2 cm³/mol. The summed E-state index contributed by atoms with van der Waals surface area (Å²) in [5, 5.41) is 7.40. The molecule has 0 atom stereocenters. The summed E-state index contributed by atoms with van der Waals surface area (Å²) in [6, 6.07) is 0.424. The minimum absolute atomic E-state index is 0. The molecular weight excluding hydrogens is 344 g/mol. The lowest BCUT2D eigenvalue weighted by Crippen LogP contribution is -2.39. The second-order valence-corrected chi connectivity index (χ2v) is 5.87. The van der Waals surface area contributed by atoms with Crippen molar-refractivity contribution in [3.8, 4) is 0 Å². The molecule has 5 nitrogen and oxygen atoms in total. The minimum Gasteiger partial charge on any atom is -0.343 e. The molecule has 1 aliphatic rings. The van der Waals surface area contributed by atoms with E-state index in [-0.39, 0.29) is 18.3 Å². The van der Waals surface area contributed by atoms with E-state index in [2.05, 4.69) is 26.3 Å². The Kier molecular flexibility index (Phi) is 7.55. The molecule has 2 rings (SSSR count). The zero-order valence-corrected chi connectivity index (χ0v) is 14.1. The number of nitrogens with zero attached hydrogens (tertiary/aromatic N) is 3. The second kappa shape index (κ2) is 8.64. The number of hydrogen-bond acceptors (Lipinski definition) is 3. The van der Waals surface area contributed by atoms with Gasteiger partial charge in [0, 0.05) is 25.7 Å². The molecule has 7 heteroatoms. The van der Waals surface area contributed by atoms with Crippen molar-refractivity contribution in [3.05, 3.63) is 16.9 Å². The standard InChI is InChI=1S/C13H21BrN4O.ClH/c1-15-6-2-3-13(19)17-7-4-12(5-8-17)18-10-11(14)9-16-18;/h9-10,12,15H,2-8H2,1H3;1H. The average Bonchev–Trinajstić information content (AvgIpc) is 2.86. The average molecular weight is 366 g/mol. The van der Waals surface area contributed by atoms with E-state index < -0.39 is 0 Å². The van der Waals surface area contributed by atoms with Crippen LogP contribution in [0, 0.1) is 0 Å². The Hall–Kier alpha value is -0.590. The lowest BCUT2D eigenvalue weighted by atomic mass is 10.0. The van der Waals surface area contributed by atoms with Crippen molar-refractivity contribution in [1.82, 2.24) is 20.0 Å². The van der Waals surface area contributed by atoms with Gasteiger partial charge in [0.05, 0.1) is 16.7 Å². The first-order chi connectivity index (χ1) is 9.20. The molecule has 1 fully saturated rings. The number of hydrogen-bond donors (Lipinski definition) is 1. The molecule has 2 heterocycles. The fourth-order valence-corrected chi connectivity index (χ4v) is 2.77. The Morgan fingerprint density at radius 3 is 2.75 bits per heavy atom. The second-order valence-electron chi connectivity index (χ2n) is 4.96.